The first-order valence-electron chi connectivity index (χ1n) is 9.72. The van der Waals surface area contributed by atoms with E-state index in [-0.39, 0.29) is 23.7 Å². The fourth-order valence-corrected chi connectivity index (χ4v) is 3.52. The van der Waals surface area contributed by atoms with Crippen molar-refractivity contribution < 1.29 is 14.3 Å². The van der Waals surface area contributed by atoms with Gasteiger partial charge in [0.15, 0.2) is 5.75 Å². The lowest BCUT2D eigenvalue weighted by Crippen LogP contribution is -2.48. The SMILES string of the molecule is CN1CCN(C(=O)C2CC2C(=O)Nc2ccccc2Oc2ccccc2)CC1. The molecule has 1 saturated heterocycles. The first-order chi connectivity index (χ1) is 13.6. The molecule has 0 aromatic heterocycles. The van der Waals surface area contributed by atoms with Gasteiger partial charge in [-0.05, 0) is 37.7 Å². The zero-order valence-corrected chi connectivity index (χ0v) is 16.0. The number of nitrogens with zero attached hydrogens (tertiary/aromatic N) is 2. The monoisotopic (exact) mass is 379 g/mol. The number of para-hydroxylation sites is 3. The Kier molecular flexibility index (Phi) is 5.30. The summed E-state index contributed by atoms with van der Waals surface area (Å²) in [5.74, 6) is 0.851. The summed E-state index contributed by atoms with van der Waals surface area (Å²) in [6, 6.07) is 16.8. The molecule has 1 aliphatic carbocycles. The molecule has 6 nitrogen and oxygen atoms in total. The molecule has 1 aliphatic heterocycles. The fraction of sp³-hybridized carbons (Fsp3) is 0.364. The van der Waals surface area contributed by atoms with Crippen molar-refractivity contribution in [3.63, 3.8) is 0 Å². The minimum absolute atomic E-state index is 0.113. The Morgan fingerprint density at radius 3 is 2.36 bits per heavy atom. The fourth-order valence-electron chi connectivity index (χ4n) is 3.52. The van der Waals surface area contributed by atoms with Crippen LogP contribution in [-0.4, -0.2) is 54.8 Å². The maximum absolute atomic E-state index is 12.7. The maximum Gasteiger partial charge on any atom is 0.228 e. The van der Waals surface area contributed by atoms with E-state index in [2.05, 4.69) is 17.3 Å². The van der Waals surface area contributed by atoms with E-state index in [1.165, 1.54) is 0 Å². The highest BCUT2D eigenvalue weighted by Crippen LogP contribution is 2.41. The second-order valence-corrected chi connectivity index (χ2v) is 7.48. The van der Waals surface area contributed by atoms with E-state index in [9.17, 15) is 9.59 Å². The minimum Gasteiger partial charge on any atom is -0.455 e. The number of rotatable bonds is 5. The van der Waals surface area contributed by atoms with Crippen molar-refractivity contribution in [2.45, 2.75) is 6.42 Å². The molecular weight excluding hydrogens is 354 g/mol. The molecule has 2 unspecified atom stereocenters. The average Bonchev–Trinajstić information content (AvgIpc) is 3.51. The summed E-state index contributed by atoms with van der Waals surface area (Å²) in [6.45, 7) is 3.26. The van der Waals surface area contributed by atoms with Gasteiger partial charge in [0.2, 0.25) is 11.8 Å². The van der Waals surface area contributed by atoms with Crippen LogP contribution in [0.4, 0.5) is 5.69 Å². The van der Waals surface area contributed by atoms with Crippen molar-refractivity contribution in [2.24, 2.45) is 11.8 Å². The molecule has 28 heavy (non-hydrogen) atoms. The molecule has 2 aromatic carbocycles. The van der Waals surface area contributed by atoms with E-state index >= 15 is 0 Å². The highest BCUT2D eigenvalue weighted by molar-refractivity contribution is 6.00. The highest BCUT2D eigenvalue weighted by atomic mass is 16.5. The molecule has 1 saturated carbocycles. The third kappa shape index (κ3) is 4.17. The van der Waals surface area contributed by atoms with E-state index in [1.807, 2.05) is 59.5 Å². The minimum atomic E-state index is -0.253. The second kappa shape index (κ2) is 8.02. The van der Waals surface area contributed by atoms with Gasteiger partial charge < -0.3 is 19.9 Å². The van der Waals surface area contributed by atoms with Crippen molar-refractivity contribution in [3.8, 4) is 11.5 Å². The lowest BCUT2D eigenvalue weighted by atomic mass is 10.2. The zero-order valence-electron chi connectivity index (χ0n) is 16.0. The Hall–Kier alpha value is -2.86. The standard InChI is InChI=1S/C22H25N3O3/c1-24-11-13-25(14-12-24)22(27)18-15-17(18)21(26)23-19-9-5-6-10-20(19)28-16-7-3-2-4-8-16/h2-10,17-18H,11-15H2,1H3,(H,23,26). The molecule has 2 aromatic rings. The van der Waals surface area contributed by atoms with Gasteiger partial charge in [0.1, 0.15) is 5.75 Å². The van der Waals surface area contributed by atoms with Crippen molar-refractivity contribution in [2.75, 3.05) is 38.5 Å². The quantitative estimate of drug-likeness (QED) is 0.868. The number of amides is 2. The summed E-state index contributed by atoms with van der Waals surface area (Å²) in [7, 11) is 2.06. The Balaban J connectivity index is 1.37. The van der Waals surface area contributed by atoms with Crippen molar-refractivity contribution in [1.82, 2.24) is 9.80 Å². The van der Waals surface area contributed by atoms with Crippen LogP contribution in [0.5, 0.6) is 11.5 Å². The van der Waals surface area contributed by atoms with E-state index < -0.39 is 0 Å². The molecule has 0 radical (unpaired) electrons. The molecule has 2 fully saturated rings. The van der Waals surface area contributed by atoms with Crippen LogP contribution in [0.25, 0.3) is 0 Å². The number of benzene rings is 2. The first-order valence-corrected chi connectivity index (χ1v) is 9.72. The molecule has 1 N–H and O–H groups in total. The van der Waals surface area contributed by atoms with Crippen LogP contribution < -0.4 is 10.1 Å². The maximum atomic E-state index is 12.7. The normalized spacial score (nSPS) is 21.8. The Bertz CT molecular complexity index is 847. The molecule has 2 amide bonds. The molecular formula is C22H25N3O3. The molecule has 0 spiro atoms. The lowest BCUT2D eigenvalue weighted by Gasteiger charge is -2.32. The molecule has 0 bridgehead atoms. The van der Waals surface area contributed by atoms with Crippen molar-refractivity contribution in [1.29, 1.82) is 0 Å². The molecule has 6 heteroatoms. The van der Waals surface area contributed by atoms with E-state index in [1.54, 1.807) is 0 Å². The number of carbonyl (C=O) groups is 2. The number of piperazine rings is 1. The van der Waals surface area contributed by atoms with Crippen LogP contribution in [-0.2, 0) is 9.59 Å². The van der Waals surface area contributed by atoms with Gasteiger partial charge in [-0.15, -0.1) is 0 Å². The van der Waals surface area contributed by atoms with Gasteiger partial charge in [0.05, 0.1) is 17.5 Å². The van der Waals surface area contributed by atoms with Crippen LogP contribution in [0.1, 0.15) is 6.42 Å². The summed E-state index contributed by atoms with van der Waals surface area (Å²) in [5.41, 5.74) is 0.619. The topological polar surface area (TPSA) is 61.9 Å². The van der Waals surface area contributed by atoms with Gasteiger partial charge >= 0.3 is 0 Å². The lowest BCUT2D eigenvalue weighted by molar-refractivity contribution is -0.135. The summed E-state index contributed by atoms with van der Waals surface area (Å²) in [4.78, 5) is 29.4. The average molecular weight is 379 g/mol. The highest BCUT2D eigenvalue weighted by Gasteiger charge is 2.49. The summed E-state index contributed by atoms with van der Waals surface area (Å²) in [6.07, 6.45) is 0.624. The predicted octanol–water partition coefficient (Wildman–Crippen LogP) is 2.83. The summed E-state index contributed by atoms with van der Waals surface area (Å²) < 4.78 is 5.90. The Labute approximate surface area is 165 Å². The molecule has 4 rings (SSSR count). The Morgan fingerprint density at radius 1 is 0.929 bits per heavy atom. The van der Waals surface area contributed by atoms with Crippen LogP contribution in [0.2, 0.25) is 0 Å². The molecule has 2 atom stereocenters. The summed E-state index contributed by atoms with van der Waals surface area (Å²) in [5, 5.41) is 2.94. The number of nitrogens with one attached hydrogen (secondary N) is 1. The van der Waals surface area contributed by atoms with Gasteiger partial charge in [0.25, 0.3) is 0 Å². The van der Waals surface area contributed by atoms with Gasteiger partial charge in [-0.25, -0.2) is 0 Å². The van der Waals surface area contributed by atoms with Gasteiger partial charge in [-0.2, -0.15) is 0 Å². The number of anilines is 1. The van der Waals surface area contributed by atoms with Crippen LogP contribution in [0, 0.1) is 11.8 Å². The van der Waals surface area contributed by atoms with Crippen molar-refractivity contribution in [3.05, 3.63) is 54.6 Å². The van der Waals surface area contributed by atoms with E-state index in [0.29, 0.717) is 23.6 Å². The van der Waals surface area contributed by atoms with Crippen LogP contribution in [0.15, 0.2) is 54.6 Å². The number of hydrogen-bond donors (Lipinski definition) is 1. The third-order valence-corrected chi connectivity index (χ3v) is 5.38. The zero-order chi connectivity index (χ0) is 19.5. The van der Waals surface area contributed by atoms with Gasteiger partial charge in [-0.3, -0.25) is 9.59 Å². The summed E-state index contributed by atoms with van der Waals surface area (Å²) >= 11 is 0. The third-order valence-electron chi connectivity index (χ3n) is 5.38. The number of ether oxygens (including phenoxy) is 1. The molecule has 2 aliphatic rings. The predicted molar refractivity (Wildman–Crippen MR) is 107 cm³/mol. The van der Waals surface area contributed by atoms with Crippen LogP contribution in [0.3, 0.4) is 0 Å². The number of carbonyl (C=O) groups excluding carboxylic acids is 2. The molecule has 146 valence electrons. The second-order valence-electron chi connectivity index (χ2n) is 7.48. The van der Waals surface area contributed by atoms with E-state index in [4.69, 9.17) is 4.74 Å². The van der Waals surface area contributed by atoms with Gasteiger partial charge in [-0.1, -0.05) is 30.3 Å². The number of likely N-dealkylation sites (N-methyl/N-ethyl adjacent to an activating group) is 1. The molecule has 1 heterocycles. The van der Waals surface area contributed by atoms with Crippen molar-refractivity contribution >= 4 is 17.5 Å². The largest absolute Gasteiger partial charge is 0.455 e. The van der Waals surface area contributed by atoms with Gasteiger partial charge in [0, 0.05) is 26.2 Å². The smallest absolute Gasteiger partial charge is 0.228 e. The first kappa shape index (κ1) is 18.5. The Morgan fingerprint density at radius 2 is 1.61 bits per heavy atom. The van der Waals surface area contributed by atoms with Crippen LogP contribution >= 0.6 is 0 Å². The van der Waals surface area contributed by atoms with E-state index in [0.717, 1.165) is 26.2 Å². The number of hydrogen-bond acceptors (Lipinski definition) is 4.